The van der Waals surface area contributed by atoms with Crippen molar-refractivity contribution in [2.24, 2.45) is 0 Å². The molecule has 0 bridgehead atoms. The number of nitrogens with zero attached hydrogens (tertiary/aromatic N) is 3. The molecule has 0 unspecified atom stereocenters. The van der Waals surface area contributed by atoms with Crippen LogP contribution in [0.5, 0.6) is 0 Å². The van der Waals surface area contributed by atoms with Crippen LogP contribution in [0.15, 0.2) is 18.9 Å². The molecule has 98 valence electrons. The molecule has 1 fully saturated rings. The van der Waals surface area contributed by atoms with Gasteiger partial charge in [0, 0.05) is 6.42 Å². The molecule has 2 heterocycles. The summed E-state index contributed by atoms with van der Waals surface area (Å²) >= 11 is 0. The third kappa shape index (κ3) is 3.26. The van der Waals surface area contributed by atoms with E-state index in [1.54, 1.807) is 6.20 Å². The first-order valence-electron chi connectivity index (χ1n) is 6.58. The van der Waals surface area contributed by atoms with Crippen molar-refractivity contribution in [1.29, 1.82) is 0 Å². The molecule has 0 saturated carbocycles. The van der Waals surface area contributed by atoms with Gasteiger partial charge in [-0.25, -0.2) is 4.68 Å². The molecule has 2 rings (SSSR count). The Kier molecular flexibility index (Phi) is 4.64. The average Bonchev–Trinajstić information content (AvgIpc) is 2.89. The van der Waals surface area contributed by atoms with Gasteiger partial charge in [0.2, 0.25) is 0 Å². The van der Waals surface area contributed by atoms with E-state index in [0.29, 0.717) is 18.2 Å². The smallest absolute Gasteiger partial charge is 0.184 e. The fraction of sp³-hybridized carbons (Fsp3) is 0.615. The summed E-state index contributed by atoms with van der Waals surface area (Å²) in [4.78, 5) is 11.9. The SMILES string of the molecule is C=CCCCC(=O)c1cn(C2CCNCC2)nn1. The lowest BCUT2D eigenvalue weighted by Crippen LogP contribution is -2.29. The maximum absolute atomic E-state index is 11.9. The van der Waals surface area contributed by atoms with Gasteiger partial charge >= 0.3 is 0 Å². The highest BCUT2D eigenvalue weighted by Crippen LogP contribution is 2.17. The van der Waals surface area contributed by atoms with E-state index in [1.165, 1.54) is 0 Å². The largest absolute Gasteiger partial charge is 0.317 e. The summed E-state index contributed by atoms with van der Waals surface area (Å²) < 4.78 is 1.85. The highest BCUT2D eigenvalue weighted by Gasteiger charge is 2.18. The number of Topliss-reactive ketones (excluding diaryl/α,β-unsaturated/α-hetero) is 1. The average molecular weight is 248 g/mol. The van der Waals surface area contributed by atoms with Crippen LogP contribution in [0.1, 0.15) is 48.6 Å². The van der Waals surface area contributed by atoms with E-state index in [9.17, 15) is 4.79 Å². The number of carbonyl (C=O) groups excluding carboxylic acids is 1. The van der Waals surface area contributed by atoms with Crippen LogP contribution in [0.25, 0.3) is 0 Å². The number of allylic oxidation sites excluding steroid dienone is 1. The van der Waals surface area contributed by atoms with Crippen molar-refractivity contribution >= 4 is 5.78 Å². The van der Waals surface area contributed by atoms with Crippen molar-refractivity contribution in [3.05, 3.63) is 24.5 Å². The van der Waals surface area contributed by atoms with Crippen molar-refractivity contribution < 1.29 is 4.79 Å². The maximum Gasteiger partial charge on any atom is 0.184 e. The quantitative estimate of drug-likeness (QED) is 0.473. The molecule has 0 aromatic carbocycles. The zero-order valence-electron chi connectivity index (χ0n) is 10.6. The number of hydrogen-bond donors (Lipinski definition) is 1. The summed E-state index contributed by atoms with van der Waals surface area (Å²) in [5.41, 5.74) is 0.498. The van der Waals surface area contributed by atoms with E-state index in [-0.39, 0.29) is 5.78 Å². The van der Waals surface area contributed by atoms with Gasteiger partial charge in [0.05, 0.1) is 12.2 Å². The Labute approximate surface area is 107 Å². The molecule has 5 heteroatoms. The van der Waals surface area contributed by atoms with Gasteiger partial charge < -0.3 is 5.32 Å². The number of carbonyl (C=O) groups is 1. The topological polar surface area (TPSA) is 59.8 Å². The molecule has 1 saturated heterocycles. The molecular weight excluding hydrogens is 228 g/mol. The zero-order valence-corrected chi connectivity index (χ0v) is 10.6. The van der Waals surface area contributed by atoms with E-state index < -0.39 is 0 Å². The number of aromatic nitrogens is 3. The van der Waals surface area contributed by atoms with Crippen LogP contribution in [0.2, 0.25) is 0 Å². The van der Waals surface area contributed by atoms with Gasteiger partial charge in [-0.05, 0) is 38.8 Å². The van der Waals surface area contributed by atoms with Crippen LogP contribution >= 0.6 is 0 Å². The van der Waals surface area contributed by atoms with Gasteiger partial charge in [-0.3, -0.25) is 4.79 Å². The van der Waals surface area contributed by atoms with Gasteiger partial charge in [0.25, 0.3) is 0 Å². The van der Waals surface area contributed by atoms with Crippen LogP contribution in [0, 0.1) is 0 Å². The zero-order chi connectivity index (χ0) is 12.8. The van der Waals surface area contributed by atoms with Crippen molar-refractivity contribution in [2.75, 3.05) is 13.1 Å². The highest BCUT2D eigenvalue weighted by molar-refractivity contribution is 5.93. The number of hydrogen-bond acceptors (Lipinski definition) is 4. The molecule has 5 nitrogen and oxygen atoms in total. The van der Waals surface area contributed by atoms with E-state index >= 15 is 0 Å². The molecule has 1 aromatic rings. The third-order valence-electron chi connectivity index (χ3n) is 3.29. The first-order chi connectivity index (χ1) is 8.81. The van der Waals surface area contributed by atoms with Crippen LogP contribution in [0.4, 0.5) is 0 Å². The summed E-state index contributed by atoms with van der Waals surface area (Å²) in [6.07, 6.45) is 7.96. The molecule has 0 aliphatic carbocycles. The number of rotatable bonds is 6. The Morgan fingerprint density at radius 2 is 2.33 bits per heavy atom. The number of piperidine rings is 1. The second-order valence-electron chi connectivity index (χ2n) is 4.67. The standard InChI is InChI=1S/C13H20N4O/c1-2-3-4-5-13(18)12-10-17(16-15-12)11-6-8-14-9-7-11/h2,10-11,14H,1,3-9H2. The molecule has 1 N–H and O–H groups in total. The molecule has 0 atom stereocenters. The van der Waals surface area contributed by atoms with Crippen molar-refractivity contribution in [3.63, 3.8) is 0 Å². The Balaban J connectivity index is 1.92. The predicted molar refractivity (Wildman–Crippen MR) is 69.5 cm³/mol. The maximum atomic E-state index is 11.9. The number of unbranched alkanes of at least 4 members (excludes halogenated alkanes) is 1. The Bertz CT molecular complexity index is 407. The van der Waals surface area contributed by atoms with Crippen molar-refractivity contribution in [2.45, 2.75) is 38.1 Å². The van der Waals surface area contributed by atoms with Gasteiger partial charge in [0.1, 0.15) is 5.69 Å². The minimum absolute atomic E-state index is 0.0806. The molecule has 0 radical (unpaired) electrons. The minimum Gasteiger partial charge on any atom is -0.317 e. The second kappa shape index (κ2) is 6.44. The fourth-order valence-electron chi connectivity index (χ4n) is 2.19. The van der Waals surface area contributed by atoms with Crippen molar-refractivity contribution in [3.8, 4) is 0 Å². The normalized spacial score (nSPS) is 16.7. The molecule has 1 aliphatic heterocycles. The van der Waals surface area contributed by atoms with E-state index in [0.717, 1.165) is 38.8 Å². The van der Waals surface area contributed by atoms with Gasteiger partial charge in [0.15, 0.2) is 5.78 Å². The fourth-order valence-corrected chi connectivity index (χ4v) is 2.19. The summed E-state index contributed by atoms with van der Waals surface area (Å²) in [6, 6.07) is 0.383. The highest BCUT2D eigenvalue weighted by atomic mass is 16.1. The van der Waals surface area contributed by atoms with Gasteiger partial charge in [-0.15, -0.1) is 11.7 Å². The van der Waals surface area contributed by atoms with Crippen LogP contribution in [-0.4, -0.2) is 33.9 Å². The first-order valence-corrected chi connectivity index (χ1v) is 6.58. The summed E-state index contributed by atoms with van der Waals surface area (Å²) in [6.45, 7) is 5.66. The molecule has 18 heavy (non-hydrogen) atoms. The lowest BCUT2D eigenvalue weighted by Gasteiger charge is -2.22. The predicted octanol–water partition coefficient (Wildman–Crippen LogP) is 1.74. The van der Waals surface area contributed by atoms with Crippen LogP contribution < -0.4 is 5.32 Å². The van der Waals surface area contributed by atoms with Crippen LogP contribution in [-0.2, 0) is 0 Å². The van der Waals surface area contributed by atoms with Gasteiger partial charge in [-0.2, -0.15) is 0 Å². The monoisotopic (exact) mass is 248 g/mol. The molecule has 0 spiro atoms. The lowest BCUT2D eigenvalue weighted by atomic mass is 10.1. The molecule has 1 aliphatic rings. The lowest BCUT2D eigenvalue weighted by molar-refractivity contribution is 0.0975. The Morgan fingerprint density at radius 1 is 1.56 bits per heavy atom. The molecular formula is C13H20N4O. The van der Waals surface area contributed by atoms with E-state index in [4.69, 9.17) is 0 Å². The summed E-state index contributed by atoms with van der Waals surface area (Å²) in [7, 11) is 0. The summed E-state index contributed by atoms with van der Waals surface area (Å²) in [5.74, 6) is 0.0806. The molecule has 0 amide bonds. The number of ketones is 1. The van der Waals surface area contributed by atoms with Crippen molar-refractivity contribution in [1.82, 2.24) is 20.3 Å². The van der Waals surface area contributed by atoms with E-state index in [2.05, 4.69) is 22.2 Å². The number of nitrogens with one attached hydrogen (secondary N) is 1. The first kappa shape index (κ1) is 13.0. The summed E-state index contributed by atoms with van der Waals surface area (Å²) in [5, 5.41) is 11.4. The third-order valence-corrected chi connectivity index (χ3v) is 3.29. The molecule has 1 aromatic heterocycles. The Morgan fingerprint density at radius 3 is 3.06 bits per heavy atom. The Hall–Kier alpha value is -1.49. The van der Waals surface area contributed by atoms with Crippen LogP contribution in [0.3, 0.4) is 0 Å². The minimum atomic E-state index is 0.0806. The van der Waals surface area contributed by atoms with Gasteiger partial charge in [-0.1, -0.05) is 11.3 Å². The van der Waals surface area contributed by atoms with E-state index in [1.807, 2.05) is 10.8 Å². The second-order valence-corrected chi connectivity index (χ2v) is 4.67.